The number of nitrogens with zero attached hydrogens (tertiary/aromatic N) is 2. The highest BCUT2D eigenvalue weighted by molar-refractivity contribution is 5.35. The molecule has 0 radical (unpaired) electrons. The van der Waals surface area contributed by atoms with Crippen LogP contribution >= 0.6 is 0 Å². The number of non-ortho nitro benzene ring substituents is 1. The van der Waals surface area contributed by atoms with Crippen molar-refractivity contribution >= 4 is 5.69 Å². The molecule has 1 fully saturated rings. The van der Waals surface area contributed by atoms with Crippen LogP contribution in [0.5, 0.6) is 0 Å². The van der Waals surface area contributed by atoms with E-state index in [0.29, 0.717) is 0 Å². The monoisotopic (exact) mass is 263 g/mol. The van der Waals surface area contributed by atoms with Gasteiger partial charge in [0.2, 0.25) is 0 Å². The minimum absolute atomic E-state index is 0.0422. The smallest absolute Gasteiger partial charge is 0.269 e. The van der Waals surface area contributed by atoms with E-state index in [1.165, 1.54) is 0 Å². The summed E-state index contributed by atoms with van der Waals surface area (Å²) >= 11 is 0. The average molecular weight is 263 g/mol. The fourth-order valence-corrected chi connectivity index (χ4v) is 2.79. The van der Waals surface area contributed by atoms with Gasteiger partial charge in [-0.2, -0.15) is 0 Å². The van der Waals surface area contributed by atoms with Gasteiger partial charge >= 0.3 is 0 Å². The van der Waals surface area contributed by atoms with Crippen molar-refractivity contribution in [1.29, 1.82) is 0 Å². The van der Waals surface area contributed by atoms with Crippen molar-refractivity contribution in [2.75, 3.05) is 6.54 Å². The Morgan fingerprint density at radius 1 is 1.32 bits per heavy atom. The zero-order valence-corrected chi connectivity index (χ0v) is 11.7. The molecule has 1 aromatic rings. The molecule has 2 N–H and O–H groups in total. The summed E-state index contributed by atoms with van der Waals surface area (Å²) in [5.74, 6) is 0. The Bertz CT molecular complexity index is 465. The van der Waals surface area contributed by atoms with Gasteiger partial charge < -0.3 is 5.73 Å². The molecule has 0 amide bonds. The highest BCUT2D eigenvalue weighted by Gasteiger charge is 2.38. The van der Waals surface area contributed by atoms with E-state index in [4.69, 9.17) is 5.73 Å². The molecule has 2 rings (SSSR count). The lowest BCUT2D eigenvalue weighted by Crippen LogP contribution is -2.43. The summed E-state index contributed by atoms with van der Waals surface area (Å²) in [6.45, 7) is 7.47. The Hall–Kier alpha value is -1.46. The summed E-state index contributed by atoms with van der Waals surface area (Å²) in [6.07, 6.45) is 0.957. The van der Waals surface area contributed by atoms with E-state index in [-0.39, 0.29) is 28.2 Å². The Kier molecular flexibility index (Phi) is 3.60. The number of hydrogen-bond acceptors (Lipinski definition) is 4. The summed E-state index contributed by atoms with van der Waals surface area (Å²) in [5, 5.41) is 10.7. The molecule has 0 bridgehead atoms. The molecule has 0 saturated carbocycles. The Labute approximate surface area is 113 Å². The molecule has 19 heavy (non-hydrogen) atoms. The molecule has 0 aromatic heterocycles. The van der Waals surface area contributed by atoms with Gasteiger partial charge in [0.05, 0.1) is 11.0 Å². The lowest BCUT2D eigenvalue weighted by Gasteiger charge is -2.38. The van der Waals surface area contributed by atoms with Crippen molar-refractivity contribution in [2.45, 2.75) is 44.8 Å². The van der Waals surface area contributed by atoms with Crippen LogP contribution in [0.3, 0.4) is 0 Å². The lowest BCUT2D eigenvalue weighted by atomic mass is 9.97. The molecule has 1 aliphatic rings. The van der Waals surface area contributed by atoms with Gasteiger partial charge in [0, 0.05) is 30.3 Å². The van der Waals surface area contributed by atoms with Gasteiger partial charge in [0.15, 0.2) is 0 Å². The minimum Gasteiger partial charge on any atom is -0.326 e. The van der Waals surface area contributed by atoms with E-state index in [1.807, 2.05) is 12.1 Å². The van der Waals surface area contributed by atoms with E-state index >= 15 is 0 Å². The van der Waals surface area contributed by atoms with Crippen LogP contribution in [0.1, 0.15) is 38.8 Å². The van der Waals surface area contributed by atoms with E-state index in [2.05, 4.69) is 25.7 Å². The first-order valence-electron chi connectivity index (χ1n) is 6.57. The van der Waals surface area contributed by atoms with Crippen LogP contribution in [0.4, 0.5) is 5.69 Å². The topological polar surface area (TPSA) is 72.4 Å². The first kappa shape index (κ1) is 14.0. The van der Waals surface area contributed by atoms with Crippen LogP contribution in [0.25, 0.3) is 0 Å². The molecule has 1 saturated heterocycles. The molecule has 1 aromatic carbocycles. The fourth-order valence-electron chi connectivity index (χ4n) is 2.79. The standard InChI is InChI=1S/C14H21N3O2/c1-14(2,3)16-9-8-12(15)13(16)10-4-6-11(7-5-10)17(18)19/h4-7,12-13H,8-9,15H2,1-3H3. The van der Waals surface area contributed by atoms with Crippen molar-refractivity contribution in [2.24, 2.45) is 5.73 Å². The Balaban J connectivity index is 2.30. The normalized spacial score (nSPS) is 24.6. The Morgan fingerprint density at radius 3 is 2.37 bits per heavy atom. The van der Waals surface area contributed by atoms with Crippen LogP contribution in [-0.4, -0.2) is 27.9 Å². The molecular formula is C14H21N3O2. The largest absolute Gasteiger partial charge is 0.326 e. The maximum atomic E-state index is 10.7. The van der Waals surface area contributed by atoms with Gasteiger partial charge in [-0.05, 0) is 32.8 Å². The highest BCUT2D eigenvalue weighted by atomic mass is 16.6. The maximum absolute atomic E-state index is 10.7. The molecule has 0 aliphatic carbocycles. The van der Waals surface area contributed by atoms with E-state index in [1.54, 1.807) is 12.1 Å². The number of benzene rings is 1. The third-order valence-corrected chi connectivity index (χ3v) is 3.75. The van der Waals surface area contributed by atoms with Crippen molar-refractivity contribution in [3.8, 4) is 0 Å². The summed E-state index contributed by atoms with van der Waals surface area (Å²) in [7, 11) is 0. The highest BCUT2D eigenvalue weighted by Crippen LogP contribution is 2.36. The van der Waals surface area contributed by atoms with Gasteiger partial charge in [0.1, 0.15) is 0 Å². The molecule has 1 aliphatic heterocycles. The predicted molar refractivity (Wildman–Crippen MR) is 74.9 cm³/mol. The minimum atomic E-state index is -0.375. The molecule has 2 atom stereocenters. The molecule has 104 valence electrons. The van der Waals surface area contributed by atoms with Crippen LogP contribution in [-0.2, 0) is 0 Å². The predicted octanol–water partition coefficient (Wildman–Crippen LogP) is 2.47. The summed E-state index contributed by atoms with van der Waals surface area (Å²) in [4.78, 5) is 12.7. The number of nitro benzene ring substituents is 1. The van der Waals surface area contributed by atoms with Gasteiger partial charge in [-0.25, -0.2) is 0 Å². The zero-order valence-electron chi connectivity index (χ0n) is 11.7. The summed E-state index contributed by atoms with van der Waals surface area (Å²) in [5.41, 5.74) is 7.45. The van der Waals surface area contributed by atoms with Gasteiger partial charge in [-0.1, -0.05) is 12.1 Å². The fraction of sp³-hybridized carbons (Fsp3) is 0.571. The first-order chi connectivity index (χ1) is 8.80. The van der Waals surface area contributed by atoms with Crippen molar-refractivity contribution in [3.63, 3.8) is 0 Å². The quantitative estimate of drug-likeness (QED) is 0.657. The van der Waals surface area contributed by atoms with Crippen LogP contribution < -0.4 is 5.73 Å². The molecular weight excluding hydrogens is 242 g/mol. The van der Waals surface area contributed by atoms with Gasteiger partial charge in [-0.15, -0.1) is 0 Å². The molecule has 5 heteroatoms. The van der Waals surface area contributed by atoms with Gasteiger partial charge in [-0.3, -0.25) is 15.0 Å². The van der Waals surface area contributed by atoms with Crippen LogP contribution in [0, 0.1) is 10.1 Å². The third kappa shape index (κ3) is 2.77. The number of hydrogen-bond donors (Lipinski definition) is 1. The Morgan fingerprint density at radius 2 is 1.89 bits per heavy atom. The first-order valence-corrected chi connectivity index (χ1v) is 6.57. The second kappa shape index (κ2) is 4.90. The number of nitrogens with two attached hydrogens (primary N) is 1. The zero-order chi connectivity index (χ0) is 14.2. The second-order valence-corrected chi connectivity index (χ2v) is 6.11. The lowest BCUT2D eigenvalue weighted by molar-refractivity contribution is -0.384. The van der Waals surface area contributed by atoms with E-state index < -0.39 is 0 Å². The molecule has 0 spiro atoms. The van der Waals surface area contributed by atoms with Gasteiger partial charge in [0.25, 0.3) is 5.69 Å². The second-order valence-electron chi connectivity index (χ2n) is 6.11. The van der Waals surface area contributed by atoms with Crippen molar-refractivity contribution < 1.29 is 4.92 Å². The average Bonchev–Trinajstić information content (AvgIpc) is 2.71. The van der Waals surface area contributed by atoms with E-state index in [9.17, 15) is 10.1 Å². The SMILES string of the molecule is CC(C)(C)N1CCC(N)C1c1ccc([N+](=O)[O-])cc1. The van der Waals surface area contributed by atoms with Crippen molar-refractivity contribution in [1.82, 2.24) is 4.90 Å². The summed E-state index contributed by atoms with van der Waals surface area (Å²) < 4.78 is 0. The van der Waals surface area contributed by atoms with Crippen LogP contribution in [0.15, 0.2) is 24.3 Å². The number of nitro groups is 1. The molecule has 2 unspecified atom stereocenters. The van der Waals surface area contributed by atoms with Crippen molar-refractivity contribution in [3.05, 3.63) is 39.9 Å². The maximum Gasteiger partial charge on any atom is 0.269 e. The van der Waals surface area contributed by atoms with Crippen LogP contribution in [0.2, 0.25) is 0 Å². The molecule has 5 nitrogen and oxygen atoms in total. The third-order valence-electron chi connectivity index (χ3n) is 3.75. The number of rotatable bonds is 2. The van der Waals surface area contributed by atoms with E-state index in [0.717, 1.165) is 18.5 Å². The number of likely N-dealkylation sites (tertiary alicyclic amines) is 1. The summed E-state index contributed by atoms with van der Waals surface area (Å²) in [6, 6.07) is 6.99. The molecule has 1 heterocycles.